The van der Waals surface area contributed by atoms with Crippen molar-refractivity contribution in [2.24, 2.45) is 0 Å². The van der Waals surface area contributed by atoms with E-state index in [4.69, 9.17) is 9.72 Å². The minimum Gasteiger partial charge on any atom is -0.366 e. The number of hydrogen-bond donors (Lipinski definition) is 0. The third-order valence-electron chi connectivity index (χ3n) is 4.49. The highest BCUT2D eigenvalue weighted by molar-refractivity contribution is 5.21. The SMILES string of the molecule is CCOCN1CCc2cnc(C3CCCCC3)nc2C1. The lowest BCUT2D eigenvalue weighted by molar-refractivity contribution is 0.0269. The summed E-state index contributed by atoms with van der Waals surface area (Å²) in [6, 6.07) is 0. The molecule has 1 aromatic rings. The summed E-state index contributed by atoms with van der Waals surface area (Å²) in [5.74, 6) is 1.68. The highest BCUT2D eigenvalue weighted by atomic mass is 16.5. The maximum Gasteiger partial charge on any atom is 0.131 e. The van der Waals surface area contributed by atoms with E-state index in [2.05, 4.69) is 16.1 Å². The molecule has 0 aromatic carbocycles. The van der Waals surface area contributed by atoms with Crippen molar-refractivity contribution < 1.29 is 4.74 Å². The van der Waals surface area contributed by atoms with Crippen molar-refractivity contribution in [1.29, 1.82) is 0 Å². The third kappa shape index (κ3) is 3.18. The van der Waals surface area contributed by atoms with Gasteiger partial charge in [0.05, 0.1) is 12.4 Å². The van der Waals surface area contributed by atoms with Crippen LogP contribution in [0.2, 0.25) is 0 Å². The second kappa shape index (κ2) is 6.64. The van der Waals surface area contributed by atoms with Crippen LogP contribution >= 0.6 is 0 Å². The first kappa shape index (κ1) is 14.0. The van der Waals surface area contributed by atoms with Gasteiger partial charge in [-0.2, -0.15) is 0 Å². The van der Waals surface area contributed by atoms with Crippen LogP contribution in [0.1, 0.15) is 62.0 Å². The van der Waals surface area contributed by atoms with E-state index < -0.39 is 0 Å². The molecule has 0 spiro atoms. The molecule has 20 heavy (non-hydrogen) atoms. The molecule has 1 aliphatic heterocycles. The molecule has 0 unspecified atom stereocenters. The summed E-state index contributed by atoms with van der Waals surface area (Å²) in [6.45, 7) is 5.51. The molecule has 3 rings (SSSR count). The van der Waals surface area contributed by atoms with Crippen LogP contribution in [0.3, 0.4) is 0 Å². The van der Waals surface area contributed by atoms with Gasteiger partial charge in [0.25, 0.3) is 0 Å². The van der Waals surface area contributed by atoms with E-state index in [1.54, 1.807) is 0 Å². The smallest absolute Gasteiger partial charge is 0.131 e. The molecule has 0 radical (unpaired) electrons. The second-order valence-corrected chi connectivity index (χ2v) is 5.96. The molecule has 0 saturated heterocycles. The van der Waals surface area contributed by atoms with Crippen LogP contribution in [-0.4, -0.2) is 34.8 Å². The molecule has 2 heterocycles. The van der Waals surface area contributed by atoms with Gasteiger partial charge in [0, 0.05) is 31.8 Å². The standard InChI is InChI=1S/C16H25N3O/c1-2-20-12-19-9-8-14-10-17-16(18-15(14)11-19)13-6-4-3-5-7-13/h10,13H,2-9,11-12H2,1H3. The van der Waals surface area contributed by atoms with Crippen molar-refractivity contribution in [3.8, 4) is 0 Å². The first-order valence-corrected chi connectivity index (χ1v) is 8.01. The molecule has 1 aromatic heterocycles. The normalized spacial score (nSPS) is 20.9. The van der Waals surface area contributed by atoms with Crippen molar-refractivity contribution in [3.63, 3.8) is 0 Å². The van der Waals surface area contributed by atoms with Gasteiger partial charge in [-0.3, -0.25) is 4.90 Å². The first-order chi connectivity index (χ1) is 9.86. The Hall–Kier alpha value is -1.00. The van der Waals surface area contributed by atoms with Gasteiger partial charge >= 0.3 is 0 Å². The Morgan fingerprint density at radius 1 is 1.30 bits per heavy atom. The zero-order valence-corrected chi connectivity index (χ0v) is 12.5. The van der Waals surface area contributed by atoms with E-state index in [1.165, 1.54) is 43.4 Å². The summed E-state index contributed by atoms with van der Waals surface area (Å²) < 4.78 is 5.52. The van der Waals surface area contributed by atoms with Gasteiger partial charge in [-0.15, -0.1) is 0 Å². The predicted molar refractivity (Wildman–Crippen MR) is 78.5 cm³/mol. The Kier molecular flexibility index (Phi) is 4.63. The Labute approximate surface area is 121 Å². The highest BCUT2D eigenvalue weighted by Gasteiger charge is 2.22. The van der Waals surface area contributed by atoms with Crippen molar-refractivity contribution in [2.45, 2.75) is 57.9 Å². The highest BCUT2D eigenvalue weighted by Crippen LogP contribution is 2.31. The largest absolute Gasteiger partial charge is 0.366 e. The van der Waals surface area contributed by atoms with Crippen molar-refractivity contribution >= 4 is 0 Å². The van der Waals surface area contributed by atoms with Crippen LogP contribution < -0.4 is 0 Å². The maximum absolute atomic E-state index is 5.52. The monoisotopic (exact) mass is 275 g/mol. The van der Waals surface area contributed by atoms with Crippen LogP contribution in [0, 0.1) is 0 Å². The molecular formula is C16H25N3O. The van der Waals surface area contributed by atoms with Crippen LogP contribution in [0.25, 0.3) is 0 Å². The summed E-state index contributed by atoms with van der Waals surface area (Å²) >= 11 is 0. The molecule has 0 bridgehead atoms. The van der Waals surface area contributed by atoms with Gasteiger partial charge in [0.15, 0.2) is 0 Å². The topological polar surface area (TPSA) is 38.2 Å². The summed E-state index contributed by atoms with van der Waals surface area (Å²) in [7, 11) is 0. The predicted octanol–water partition coefficient (Wildman–Crippen LogP) is 2.88. The number of rotatable bonds is 4. The molecule has 4 nitrogen and oxygen atoms in total. The number of nitrogens with zero attached hydrogens (tertiary/aromatic N) is 3. The molecule has 1 fully saturated rings. The number of hydrogen-bond acceptors (Lipinski definition) is 4. The Morgan fingerprint density at radius 3 is 2.95 bits per heavy atom. The van der Waals surface area contributed by atoms with Gasteiger partial charge < -0.3 is 4.74 Å². The van der Waals surface area contributed by atoms with E-state index >= 15 is 0 Å². The molecule has 0 amide bonds. The van der Waals surface area contributed by atoms with Gasteiger partial charge in [-0.1, -0.05) is 19.3 Å². The van der Waals surface area contributed by atoms with Gasteiger partial charge in [0.2, 0.25) is 0 Å². The molecule has 1 saturated carbocycles. The molecule has 0 atom stereocenters. The first-order valence-electron chi connectivity index (χ1n) is 8.01. The third-order valence-corrected chi connectivity index (χ3v) is 4.49. The van der Waals surface area contributed by atoms with E-state index in [0.717, 1.165) is 38.7 Å². The minimum absolute atomic E-state index is 0.594. The fourth-order valence-electron chi connectivity index (χ4n) is 3.26. The van der Waals surface area contributed by atoms with Gasteiger partial charge in [-0.05, 0) is 31.7 Å². The number of aromatic nitrogens is 2. The average molecular weight is 275 g/mol. The van der Waals surface area contributed by atoms with Crippen LogP contribution in [-0.2, 0) is 17.7 Å². The van der Waals surface area contributed by atoms with Gasteiger partial charge in [-0.25, -0.2) is 9.97 Å². The zero-order valence-electron chi connectivity index (χ0n) is 12.5. The van der Waals surface area contributed by atoms with E-state index in [-0.39, 0.29) is 0 Å². The molecule has 2 aliphatic rings. The lowest BCUT2D eigenvalue weighted by Gasteiger charge is -2.28. The summed E-state index contributed by atoms with van der Waals surface area (Å²) in [4.78, 5) is 11.9. The van der Waals surface area contributed by atoms with E-state index in [9.17, 15) is 0 Å². The second-order valence-electron chi connectivity index (χ2n) is 5.96. The Morgan fingerprint density at radius 2 is 2.15 bits per heavy atom. The molecule has 4 heteroatoms. The zero-order chi connectivity index (χ0) is 13.8. The molecule has 0 N–H and O–H groups in total. The van der Waals surface area contributed by atoms with Crippen molar-refractivity contribution in [3.05, 3.63) is 23.3 Å². The fourth-order valence-corrected chi connectivity index (χ4v) is 3.26. The lowest BCUT2D eigenvalue weighted by Crippen LogP contribution is -2.33. The summed E-state index contributed by atoms with van der Waals surface area (Å²) in [6.07, 6.45) is 9.70. The quantitative estimate of drug-likeness (QED) is 0.847. The average Bonchev–Trinajstić information content (AvgIpc) is 2.53. The van der Waals surface area contributed by atoms with E-state index in [1.807, 2.05) is 6.92 Å². The number of fused-ring (bicyclic) bond motifs is 1. The Balaban J connectivity index is 1.71. The van der Waals surface area contributed by atoms with Crippen molar-refractivity contribution in [1.82, 2.24) is 14.9 Å². The van der Waals surface area contributed by atoms with Gasteiger partial charge in [0.1, 0.15) is 5.82 Å². The van der Waals surface area contributed by atoms with Crippen LogP contribution in [0.15, 0.2) is 6.20 Å². The number of ether oxygens (including phenoxy) is 1. The lowest BCUT2D eigenvalue weighted by atomic mass is 9.88. The maximum atomic E-state index is 5.52. The summed E-state index contributed by atoms with van der Waals surface area (Å²) in [5.41, 5.74) is 2.56. The van der Waals surface area contributed by atoms with Crippen LogP contribution in [0.5, 0.6) is 0 Å². The van der Waals surface area contributed by atoms with Crippen LogP contribution in [0.4, 0.5) is 0 Å². The summed E-state index contributed by atoms with van der Waals surface area (Å²) in [5, 5.41) is 0. The van der Waals surface area contributed by atoms with Crippen molar-refractivity contribution in [2.75, 3.05) is 19.9 Å². The molecule has 1 aliphatic carbocycles. The molecule has 110 valence electrons. The fraction of sp³-hybridized carbons (Fsp3) is 0.750. The molecular weight excluding hydrogens is 250 g/mol. The minimum atomic E-state index is 0.594. The Bertz CT molecular complexity index is 443. The van der Waals surface area contributed by atoms with E-state index in [0.29, 0.717) is 5.92 Å².